The molecule has 5 unspecified atom stereocenters. The molecule has 0 aromatic heterocycles. The van der Waals surface area contributed by atoms with Crippen molar-refractivity contribution in [1.29, 1.82) is 0 Å². The van der Waals surface area contributed by atoms with Crippen LogP contribution in [0.1, 0.15) is 67.2 Å². The van der Waals surface area contributed by atoms with Crippen LogP contribution in [0.2, 0.25) is 0 Å². The van der Waals surface area contributed by atoms with E-state index in [0.717, 1.165) is 12.1 Å². The molecule has 0 saturated carbocycles. The van der Waals surface area contributed by atoms with Gasteiger partial charge in [-0.2, -0.15) is 0 Å². The first-order valence-corrected chi connectivity index (χ1v) is 17.5. The lowest BCUT2D eigenvalue weighted by molar-refractivity contribution is -0.160. The normalized spacial score (nSPS) is 13.4. The lowest BCUT2D eigenvalue weighted by Gasteiger charge is -2.28. The minimum atomic E-state index is -1.89. The van der Waals surface area contributed by atoms with Crippen LogP contribution in [0.15, 0.2) is 46.4 Å². The van der Waals surface area contributed by atoms with Gasteiger partial charge in [-0.15, -0.1) is 0 Å². The summed E-state index contributed by atoms with van der Waals surface area (Å²) in [6.07, 6.45) is -1.49. The minimum Gasteiger partial charge on any atom is -0.504 e. The monoisotopic (exact) mass is 802 g/mol. The fourth-order valence-corrected chi connectivity index (χ4v) is 5.16. The minimum absolute atomic E-state index is 0.0250. The third-order valence-electron chi connectivity index (χ3n) is 8.21. The Morgan fingerprint density at radius 3 is 1.42 bits per heavy atom. The molecular formula is C35H50N10O12. The lowest BCUT2D eigenvalue weighted by atomic mass is 10.0. The molecule has 2 aromatic carbocycles. The van der Waals surface area contributed by atoms with E-state index < -0.39 is 94.8 Å². The zero-order valence-corrected chi connectivity index (χ0v) is 31.5. The van der Waals surface area contributed by atoms with E-state index in [1.807, 2.05) is 0 Å². The van der Waals surface area contributed by atoms with E-state index >= 15 is 0 Å². The molecule has 0 aliphatic heterocycles. The van der Waals surface area contributed by atoms with Gasteiger partial charge >= 0.3 is 11.9 Å². The number of nitrogens with two attached hydrogens (primary N) is 4. The first-order valence-electron chi connectivity index (χ1n) is 17.5. The summed E-state index contributed by atoms with van der Waals surface area (Å²) in [7, 11) is 0. The summed E-state index contributed by atoms with van der Waals surface area (Å²) < 4.78 is 5.43. The zero-order chi connectivity index (χ0) is 43.0. The highest BCUT2D eigenvalue weighted by atomic mass is 16.5. The Kier molecular flexibility index (Phi) is 17.6. The van der Waals surface area contributed by atoms with E-state index in [9.17, 15) is 54.3 Å². The van der Waals surface area contributed by atoms with Crippen molar-refractivity contribution in [3.05, 3.63) is 47.5 Å². The van der Waals surface area contributed by atoms with Crippen molar-refractivity contribution < 1.29 is 59.0 Å². The van der Waals surface area contributed by atoms with Crippen molar-refractivity contribution in [3.8, 4) is 23.0 Å². The predicted octanol–water partition coefficient (Wildman–Crippen LogP) is -1.84. The Morgan fingerprint density at radius 2 is 1.05 bits per heavy atom. The number of rotatable bonds is 21. The van der Waals surface area contributed by atoms with Gasteiger partial charge < -0.3 is 74.5 Å². The maximum absolute atomic E-state index is 13.6. The summed E-state index contributed by atoms with van der Waals surface area (Å²) in [5.74, 6) is -10.4. The molecule has 5 atom stereocenters. The van der Waals surface area contributed by atoms with E-state index in [1.54, 1.807) is 13.8 Å². The maximum Gasteiger partial charge on any atom is 0.330 e. The second kappa shape index (κ2) is 21.8. The topological polar surface area (TPSA) is 390 Å². The number of phenols is 4. The molecule has 0 saturated heterocycles. The Hall–Kier alpha value is -7.00. The van der Waals surface area contributed by atoms with Gasteiger partial charge in [0.1, 0.15) is 24.2 Å². The molecule has 4 amide bonds. The summed E-state index contributed by atoms with van der Waals surface area (Å²) in [5.41, 5.74) is 20.7. The van der Waals surface area contributed by atoms with Crippen molar-refractivity contribution in [3.63, 3.8) is 0 Å². The number of ether oxygens (including phenoxy) is 1. The second-order valence-corrected chi connectivity index (χ2v) is 13.0. The number of hydrogen-bond donors (Lipinski definition) is 13. The van der Waals surface area contributed by atoms with Crippen LogP contribution in [0.25, 0.3) is 0 Å². The number of carboxylic acids is 1. The number of nitrogens with zero attached hydrogens (tertiary/aromatic N) is 2. The standard InChI is InChI=1S/C35H50N10O12/c1-16(2)24(44-30(52)20(10-6-14-40-34(36)37)42-28(50)18-8-4-12-22(46)26(18)48)33(56)57-17(3)25(32(54)55)45-31(53)21(11-7-15-41-35(38)39)43-29(51)19-9-5-13-23(47)27(19)49/h4-5,8-9,12-13,16-17,20-21,24-25,46-49H,6-7,10-11,14-15H2,1-3H3,(H,42,50)(H,43,51)(H,44,52)(H,45,53)(H,54,55)(H4,36,37,40)(H4,38,39,41). The van der Waals surface area contributed by atoms with Crippen LogP contribution in [-0.2, 0) is 23.9 Å². The number of hydrogen-bond acceptors (Lipinski definition) is 13. The Labute approximate surface area is 326 Å². The summed E-state index contributed by atoms with van der Waals surface area (Å²) in [6.45, 7) is 4.35. The fraction of sp³-hybridized carbons (Fsp3) is 0.429. The Bertz CT molecular complexity index is 1830. The van der Waals surface area contributed by atoms with Gasteiger partial charge in [0.15, 0.2) is 41.0 Å². The van der Waals surface area contributed by atoms with Crippen molar-refractivity contribution in [2.24, 2.45) is 38.8 Å². The first kappa shape index (κ1) is 46.2. The number of amides is 4. The van der Waals surface area contributed by atoms with Crippen LogP contribution >= 0.6 is 0 Å². The van der Waals surface area contributed by atoms with Crippen LogP contribution in [0.5, 0.6) is 23.0 Å². The summed E-state index contributed by atoms with van der Waals surface area (Å²) >= 11 is 0. The molecule has 0 aliphatic rings. The Morgan fingerprint density at radius 1 is 0.649 bits per heavy atom. The first-order chi connectivity index (χ1) is 26.7. The number of guanidine groups is 2. The quantitative estimate of drug-likeness (QED) is 0.0217. The molecule has 22 nitrogen and oxygen atoms in total. The average molecular weight is 803 g/mol. The molecule has 57 heavy (non-hydrogen) atoms. The molecule has 0 bridgehead atoms. The van der Waals surface area contributed by atoms with Crippen LogP contribution in [0.3, 0.4) is 0 Å². The third kappa shape index (κ3) is 14.3. The molecule has 17 N–H and O–H groups in total. The maximum atomic E-state index is 13.6. The summed E-state index contributed by atoms with van der Waals surface area (Å²) in [6, 6.07) is 1.11. The van der Waals surface area contributed by atoms with Crippen LogP contribution < -0.4 is 44.2 Å². The number of nitrogens with one attached hydrogen (secondary N) is 4. The highest BCUT2D eigenvalue weighted by Gasteiger charge is 2.36. The number of aliphatic imine (C=N–C) groups is 2. The molecule has 0 heterocycles. The predicted molar refractivity (Wildman–Crippen MR) is 204 cm³/mol. The van der Waals surface area contributed by atoms with E-state index in [-0.39, 0.29) is 61.8 Å². The third-order valence-corrected chi connectivity index (χ3v) is 8.21. The smallest absolute Gasteiger partial charge is 0.330 e. The Balaban J connectivity index is 2.27. The van der Waals surface area contributed by atoms with Gasteiger partial charge in [-0.3, -0.25) is 29.2 Å². The SMILES string of the molecule is CC(C)C(NC(=O)C(CCCN=C(N)N)NC(=O)c1cccc(O)c1O)C(=O)OC(C)C(NC(=O)C(CCCN=C(N)N)NC(=O)c1cccc(O)c1O)C(=O)O. The molecule has 0 fully saturated rings. The van der Waals surface area contributed by atoms with Crippen molar-refractivity contribution >= 4 is 47.5 Å². The van der Waals surface area contributed by atoms with Gasteiger partial charge in [-0.25, -0.2) is 9.59 Å². The number of phenolic OH excluding ortho intramolecular Hbond substituents is 4. The summed E-state index contributed by atoms with van der Waals surface area (Å²) in [5, 5.41) is 59.6. The van der Waals surface area contributed by atoms with E-state index in [4.69, 9.17) is 27.7 Å². The van der Waals surface area contributed by atoms with Crippen LogP contribution in [0.4, 0.5) is 0 Å². The fourth-order valence-electron chi connectivity index (χ4n) is 5.16. The van der Waals surface area contributed by atoms with Crippen LogP contribution in [0, 0.1) is 5.92 Å². The van der Waals surface area contributed by atoms with Gasteiger partial charge in [0.25, 0.3) is 11.8 Å². The number of para-hydroxylation sites is 2. The molecular weight excluding hydrogens is 752 g/mol. The van der Waals surface area contributed by atoms with Gasteiger partial charge in [-0.05, 0) is 62.8 Å². The number of carbonyl (C=O) groups excluding carboxylic acids is 5. The van der Waals surface area contributed by atoms with Crippen molar-refractivity contribution in [2.75, 3.05) is 13.1 Å². The molecule has 22 heteroatoms. The molecule has 312 valence electrons. The summed E-state index contributed by atoms with van der Waals surface area (Å²) in [4.78, 5) is 86.6. The average Bonchev–Trinajstić information content (AvgIpc) is 3.13. The van der Waals surface area contributed by atoms with Crippen LogP contribution in [-0.4, -0.2) is 116 Å². The van der Waals surface area contributed by atoms with Crippen molar-refractivity contribution in [2.45, 2.75) is 76.7 Å². The number of carboxylic acid groups (broad SMARTS) is 1. The highest BCUT2D eigenvalue weighted by Crippen LogP contribution is 2.29. The highest BCUT2D eigenvalue weighted by molar-refractivity contribution is 6.01. The van der Waals surface area contributed by atoms with Gasteiger partial charge in [0, 0.05) is 13.1 Å². The number of aliphatic carboxylic acids is 1. The molecule has 0 radical (unpaired) electrons. The second-order valence-electron chi connectivity index (χ2n) is 13.0. The number of benzene rings is 2. The molecule has 2 rings (SSSR count). The van der Waals surface area contributed by atoms with Gasteiger partial charge in [0.2, 0.25) is 11.8 Å². The van der Waals surface area contributed by atoms with E-state index in [2.05, 4.69) is 31.3 Å². The molecule has 2 aromatic rings. The number of aromatic hydroxyl groups is 4. The molecule has 0 aliphatic carbocycles. The van der Waals surface area contributed by atoms with Gasteiger partial charge in [-0.1, -0.05) is 26.0 Å². The number of carbonyl (C=O) groups is 6. The van der Waals surface area contributed by atoms with E-state index in [0.29, 0.717) is 0 Å². The molecule has 0 spiro atoms. The van der Waals surface area contributed by atoms with E-state index in [1.165, 1.54) is 31.2 Å². The number of esters is 1. The van der Waals surface area contributed by atoms with Gasteiger partial charge in [0.05, 0.1) is 11.1 Å². The lowest BCUT2D eigenvalue weighted by Crippen LogP contribution is -2.57. The van der Waals surface area contributed by atoms with Crippen molar-refractivity contribution in [1.82, 2.24) is 21.3 Å². The zero-order valence-electron chi connectivity index (χ0n) is 31.5. The largest absolute Gasteiger partial charge is 0.504 e.